The number of ketones is 1. The molecule has 3 rings (SSSR count). The number of rotatable bonds is 6. The predicted molar refractivity (Wildman–Crippen MR) is 108 cm³/mol. The zero-order chi connectivity index (χ0) is 20.1. The molecule has 0 heterocycles. The van der Waals surface area contributed by atoms with Crippen molar-refractivity contribution >= 4 is 33.1 Å². The third-order valence-electron chi connectivity index (χ3n) is 4.00. The molecule has 142 valence electrons. The largest absolute Gasteiger partial charge is 0.322 e. The minimum atomic E-state index is -3.81. The number of Topliss-reactive ketones (excluding diaryl/α,β-unsaturated/α-hetero) is 1. The first-order chi connectivity index (χ1) is 13.3. The van der Waals surface area contributed by atoms with Crippen LogP contribution in [0.5, 0.6) is 0 Å². The average molecular weight is 394 g/mol. The molecule has 6 nitrogen and oxygen atoms in total. The fraction of sp³-hybridized carbons (Fsp3) is 0.0476. The Balaban J connectivity index is 1.72. The van der Waals surface area contributed by atoms with Gasteiger partial charge in [-0.25, -0.2) is 8.42 Å². The highest BCUT2D eigenvalue weighted by Gasteiger charge is 2.15. The van der Waals surface area contributed by atoms with Crippen LogP contribution < -0.4 is 10.0 Å². The molecule has 7 heteroatoms. The van der Waals surface area contributed by atoms with E-state index in [0.29, 0.717) is 22.5 Å². The van der Waals surface area contributed by atoms with Gasteiger partial charge in [0.25, 0.3) is 15.9 Å². The van der Waals surface area contributed by atoms with Crippen LogP contribution in [0.15, 0.2) is 83.8 Å². The van der Waals surface area contributed by atoms with Gasteiger partial charge in [0.1, 0.15) is 0 Å². The summed E-state index contributed by atoms with van der Waals surface area (Å²) >= 11 is 0. The van der Waals surface area contributed by atoms with Crippen LogP contribution in [0.4, 0.5) is 11.4 Å². The zero-order valence-electron chi connectivity index (χ0n) is 15.0. The van der Waals surface area contributed by atoms with Crippen molar-refractivity contribution in [3.63, 3.8) is 0 Å². The van der Waals surface area contributed by atoms with Crippen LogP contribution in [-0.2, 0) is 10.0 Å². The molecule has 28 heavy (non-hydrogen) atoms. The Bertz CT molecular complexity index is 1090. The van der Waals surface area contributed by atoms with Gasteiger partial charge in [-0.2, -0.15) is 0 Å². The van der Waals surface area contributed by atoms with E-state index in [0.717, 1.165) is 0 Å². The molecule has 0 aromatic heterocycles. The summed E-state index contributed by atoms with van der Waals surface area (Å²) in [5, 5.41) is 2.74. The summed E-state index contributed by atoms with van der Waals surface area (Å²) < 4.78 is 27.5. The lowest BCUT2D eigenvalue weighted by Gasteiger charge is -2.09. The fourth-order valence-corrected chi connectivity index (χ4v) is 3.56. The van der Waals surface area contributed by atoms with Crippen LogP contribution in [0, 0.1) is 0 Å². The van der Waals surface area contributed by atoms with E-state index in [9.17, 15) is 18.0 Å². The van der Waals surface area contributed by atoms with Gasteiger partial charge >= 0.3 is 0 Å². The molecule has 0 saturated carbocycles. The molecule has 0 bridgehead atoms. The number of nitrogens with one attached hydrogen (secondary N) is 2. The Morgan fingerprint density at radius 3 is 1.86 bits per heavy atom. The van der Waals surface area contributed by atoms with Crippen LogP contribution in [0.1, 0.15) is 27.6 Å². The lowest BCUT2D eigenvalue weighted by molar-refractivity contribution is 0.101. The number of para-hydroxylation sites is 1. The number of hydrogen-bond donors (Lipinski definition) is 2. The van der Waals surface area contributed by atoms with Crippen molar-refractivity contribution in [1.82, 2.24) is 0 Å². The second kappa shape index (κ2) is 8.06. The number of carbonyl (C=O) groups is 2. The topological polar surface area (TPSA) is 92.3 Å². The molecular formula is C21H18N2O4S. The molecule has 3 aromatic carbocycles. The van der Waals surface area contributed by atoms with Crippen molar-refractivity contribution in [2.75, 3.05) is 10.0 Å². The Labute approximate surface area is 163 Å². The summed E-state index contributed by atoms with van der Waals surface area (Å²) in [4.78, 5) is 23.6. The maximum atomic E-state index is 12.5. The van der Waals surface area contributed by atoms with E-state index >= 15 is 0 Å². The van der Waals surface area contributed by atoms with Gasteiger partial charge < -0.3 is 5.32 Å². The summed E-state index contributed by atoms with van der Waals surface area (Å²) in [7, 11) is -3.81. The second-order valence-electron chi connectivity index (χ2n) is 6.08. The minimum absolute atomic E-state index is 0.0272. The molecule has 1 amide bonds. The van der Waals surface area contributed by atoms with Crippen LogP contribution >= 0.6 is 0 Å². The Kier molecular flexibility index (Phi) is 5.56. The molecule has 0 unspecified atom stereocenters. The highest BCUT2D eigenvalue weighted by Crippen LogP contribution is 2.18. The average Bonchev–Trinajstić information content (AvgIpc) is 2.69. The van der Waals surface area contributed by atoms with Gasteiger partial charge in [-0.15, -0.1) is 0 Å². The number of sulfonamides is 1. The highest BCUT2D eigenvalue weighted by atomic mass is 32.2. The van der Waals surface area contributed by atoms with Crippen molar-refractivity contribution in [3.05, 3.63) is 90.0 Å². The van der Waals surface area contributed by atoms with Crippen molar-refractivity contribution < 1.29 is 18.0 Å². The summed E-state index contributed by atoms with van der Waals surface area (Å²) in [6.07, 6.45) is 0. The summed E-state index contributed by atoms with van der Waals surface area (Å²) in [5.74, 6) is -0.429. The van der Waals surface area contributed by atoms with Crippen LogP contribution in [-0.4, -0.2) is 20.1 Å². The van der Waals surface area contributed by atoms with Gasteiger partial charge in [-0.1, -0.05) is 18.2 Å². The van der Waals surface area contributed by atoms with E-state index in [1.54, 1.807) is 36.4 Å². The molecule has 0 saturated heterocycles. The molecule has 0 fully saturated rings. The number of amides is 1. The van der Waals surface area contributed by atoms with Gasteiger partial charge in [0, 0.05) is 22.5 Å². The van der Waals surface area contributed by atoms with Gasteiger partial charge in [0.15, 0.2) is 5.78 Å². The number of anilines is 2. The number of hydrogen-bond acceptors (Lipinski definition) is 4. The normalized spacial score (nSPS) is 10.9. The first-order valence-electron chi connectivity index (χ1n) is 8.45. The Morgan fingerprint density at radius 2 is 1.29 bits per heavy atom. The van der Waals surface area contributed by atoms with Crippen molar-refractivity contribution in [3.8, 4) is 0 Å². The minimum Gasteiger partial charge on any atom is -0.322 e. The van der Waals surface area contributed by atoms with Gasteiger partial charge in [-0.05, 0) is 67.6 Å². The lowest BCUT2D eigenvalue weighted by atomic mass is 10.1. The molecule has 0 spiro atoms. The quantitative estimate of drug-likeness (QED) is 0.620. The summed E-state index contributed by atoms with van der Waals surface area (Å²) in [6.45, 7) is 1.44. The van der Waals surface area contributed by atoms with Gasteiger partial charge in [0.05, 0.1) is 4.90 Å². The third-order valence-corrected chi connectivity index (χ3v) is 5.40. The Hall–Kier alpha value is -3.45. The van der Waals surface area contributed by atoms with Crippen LogP contribution in [0.3, 0.4) is 0 Å². The monoisotopic (exact) mass is 394 g/mol. The maximum absolute atomic E-state index is 12.5. The van der Waals surface area contributed by atoms with Gasteiger partial charge in [-0.3, -0.25) is 14.3 Å². The molecule has 0 aliphatic heterocycles. The SMILES string of the molecule is CC(=O)c1ccc(NS(=O)(=O)c2ccc(C(=O)Nc3ccccc3)cc2)cc1. The molecule has 0 aliphatic carbocycles. The second-order valence-corrected chi connectivity index (χ2v) is 7.77. The molecule has 0 aliphatic rings. The van der Waals surface area contributed by atoms with E-state index in [4.69, 9.17) is 0 Å². The standard InChI is InChI=1S/C21H18N2O4S/c1-15(24)16-7-11-19(12-8-16)23-28(26,27)20-13-9-17(10-14-20)21(25)22-18-5-3-2-4-6-18/h2-14,23H,1H3,(H,22,25). The molecular weight excluding hydrogens is 376 g/mol. The molecule has 2 N–H and O–H groups in total. The van der Waals surface area contributed by atoms with E-state index in [1.807, 2.05) is 6.07 Å². The predicted octanol–water partition coefficient (Wildman–Crippen LogP) is 3.94. The summed E-state index contributed by atoms with van der Waals surface area (Å²) in [6, 6.07) is 20.8. The zero-order valence-corrected chi connectivity index (χ0v) is 15.9. The van der Waals surface area contributed by atoms with E-state index < -0.39 is 10.0 Å². The highest BCUT2D eigenvalue weighted by molar-refractivity contribution is 7.92. The van der Waals surface area contributed by atoms with Crippen molar-refractivity contribution in [1.29, 1.82) is 0 Å². The van der Waals surface area contributed by atoms with Gasteiger partial charge in [0.2, 0.25) is 0 Å². The first-order valence-corrected chi connectivity index (χ1v) is 9.94. The van der Waals surface area contributed by atoms with E-state index in [2.05, 4.69) is 10.0 Å². The smallest absolute Gasteiger partial charge is 0.261 e. The van der Waals surface area contributed by atoms with E-state index in [-0.39, 0.29) is 16.6 Å². The molecule has 0 atom stereocenters. The number of benzene rings is 3. The lowest BCUT2D eigenvalue weighted by Crippen LogP contribution is -2.15. The van der Waals surface area contributed by atoms with E-state index in [1.165, 1.54) is 43.3 Å². The van der Waals surface area contributed by atoms with Crippen LogP contribution in [0.25, 0.3) is 0 Å². The summed E-state index contributed by atoms with van der Waals surface area (Å²) in [5.41, 5.74) is 1.83. The molecule has 3 aromatic rings. The number of carbonyl (C=O) groups excluding carboxylic acids is 2. The fourth-order valence-electron chi connectivity index (χ4n) is 2.50. The van der Waals surface area contributed by atoms with Crippen molar-refractivity contribution in [2.24, 2.45) is 0 Å². The third kappa shape index (κ3) is 4.63. The Morgan fingerprint density at radius 1 is 0.714 bits per heavy atom. The maximum Gasteiger partial charge on any atom is 0.261 e. The van der Waals surface area contributed by atoms with Crippen molar-refractivity contribution in [2.45, 2.75) is 11.8 Å². The molecule has 0 radical (unpaired) electrons. The van der Waals surface area contributed by atoms with Crippen LogP contribution in [0.2, 0.25) is 0 Å². The first kappa shape index (κ1) is 19.3.